The summed E-state index contributed by atoms with van der Waals surface area (Å²) in [5.74, 6) is -0.232. The van der Waals surface area contributed by atoms with Gasteiger partial charge in [0.1, 0.15) is 6.04 Å². The third-order valence-electron chi connectivity index (χ3n) is 3.49. The zero-order valence-corrected chi connectivity index (χ0v) is 12.8. The number of hydrogen-bond donors (Lipinski definition) is 0. The SMILES string of the molecule is CC(C(=O)N1CCN(S(C)(=O)=O)CC1)n1ncccc1=O. The van der Waals surface area contributed by atoms with Gasteiger partial charge in [-0.3, -0.25) is 9.59 Å². The number of carbonyl (C=O) groups is 1. The topological polar surface area (TPSA) is 92.6 Å². The van der Waals surface area contributed by atoms with E-state index in [1.54, 1.807) is 11.8 Å². The number of hydrogen-bond acceptors (Lipinski definition) is 5. The molecule has 116 valence electrons. The van der Waals surface area contributed by atoms with Crippen LogP contribution in [0, 0.1) is 0 Å². The second kappa shape index (κ2) is 5.94. The van der Waals surface area contributed by atoms with E-state index >= 15 is 0 Å². The third kappa shape index (κ3) is 3.48. The van der Waals surface area contributed by atoms with E-state index in [2.05, 4.69) is 5.10 Å². The number of nitrogens with zero attached hydrogens (tertiary/aromatic N) is 4. The summed E-state index contributed by atoms with van der Waals surface area (Å²) in [6, 6.07) is 2.16. The summed E-state index contributed by atoms with van der Waals surface area (Å²) in [4.78, 5) is 25.6. The highest BCUT2D eigenvalue weighted by Gasteiger charge is 2.29. The van der Waals surface area contributed by atoms with Gasteiger partial charge in [0.05, 0.1) is 6.26 Å². The quantitative estimate of drug-likeness (QED) is 0.707. The molecule has 0 spiro atoms. The van der Waals surface area contributed by atoms with Gasteiger partial charge in [-0.2, -0.15) is 9.40 Å². The number of sulfonamides is 1. The molecule has 1 aromatic heterocycles. The van der Waals surface area contributed by atoms with Gasteiger partial charge in [-0.25, -0.2) is 13.1 Å². The number of amides is 1. The molecule has 1 amide bonds. The average molecular weight is 314 g/mol. The van der Waals surface area contributed by atoms with Crippen LogP contribution in [0.4, 0.5) is 0 Å². The van der Waals surface area contributed by atoms with Gasteiger partial charge >= 0.3 is 0 Å². The molecule has 8 nitrogen and oxygen atoms in total. The Morgan fingerprint density at radius 1 is 1.29 bits per heavy atom. The van der Waals surface area contributed by atoms with E-state index in [0.717, 1.165) is 10.9 Å². The van der Waals surface area contributed by atoms with Crippen LogP contribution in [0.2, 0.25) is 0 Å². The van der Waals surface area contributed by atoms with Gasteiger partial charge in [0.25, 0.3) is 5.56 Å². The van der Waals surface area contributed by atoms with E-state index in [1.165, 1.54) is 22.6 Å². The molecule has 1 aliphatic heterocycles. The van der Waals surface area contributed by atoms with Crippen molar-refractivity contribution >= 4 is 15.9 Å². The van der Waals surface area contributed by atoms with E-state index in [9.17, 15) is 18.0 Å². The lowest BCUT2D eigenvalue weighted by molar-refractivity contribution is -0.135. The Bertz CT molecular complexity index is 676. The predicted molar refractivity (Wildman–Crippen MR) is 76.2 cm³/mol. The molecule has 9 heteroatoms. The lowest BCUT2D eigenvalue weighted by Crippen LogP contribution is -2.52. The summed E-state index contributed by atoms with van der Waals surface area (Å²) in [5.41, 5.74) is -0.340. The molecule has 0 aliphatic carbocycles. The second-order valence-corrected chi connectivity index (χ2v) is 6.95. The molecule has 1 atom stereocenters. The van der Waals surface area contributed by atoms with E-state index in [4.69, 9.17) is 0 Å². The van der Waals surface area contributed by atoms with Gasteiger partial charge < -0.3 is 4.90 Å². The van der Waals surface area contributed by atoms with Crippen molar-refractivity contribution < 1.29 is 13.2 Å². The first-order valence-electron chi connectivity index (χ1n) is 6.58. The van der Waals surface area contributed by atoms with Gasteiger partial charge in [0.15, 0.2) is 0 Å². The molecule has 1 saturated heterocycles. The van der Waals surface area contributed by atoms with Gasteiger partial charge in [0, 0.05) is 38.4 Å². The maximum Gasteiger partial charge on any atom is 0.267 e. The molecule has 0 radical (unpaired) electrons. The Morgan fingerprint density at radius 3 is 2.43 bits per heavy atom. The van der Waals surface area contributed by atoms with Crippen molar-refractivity contribution in [2.45, 2.75) is 13.0 Å². The standard InChI is InChI=1S/C12H18N4O4S/c1-10(16-11(17)4-3-5-13-16)12(18)14-6-8-15(9-7-14)21(2,19)20/h3-5,10H,6-9H2,1-2H3. The van der Waals surface area contributed by atoms with Crippen LogP contribution in [0.3, 0.4) is 0 Å². The van der Waals surface area contributed by atoms with E-state index < -0.39 is 16.1 Å². The summed E-state index contributed by atoms with van der Waals surface area (Å²) >= 11 is 0. The molecule has 2 rings (SSSR count). The Balaban J connectivity index is 2.06. The molecule has 2 heterocycles. The molecule has 0 N–H and O–H groups in total. The summed E-state index contributed by atoms with van der Waals surface area (Å²) in [6.07, 6.45) is 2.60. The fraction of sp³-hybridized carbons (Fsp3) is 0.583. The molecule has 1 fully saturated rings. The molecule has 0 aromatic carbocycles. The summed E-state index contributed by atoms with van der Waals surface area (Å²) in [5, 5.41) is 3.90. The number of carbonyl (C=O) groups excluding carboxylic acids is 1. The number of aromatic nitrogens is 2. The lowest BCUT2D eigenvalue weighted by Gasteiger charge is -2.34. The molecule has 0 saturated carbocycles. The zero-order chi connectivity index (χ0) is 15.6. The van der Waals surface area contributed by atoms with Crippen molar-refractivity contribution in [2.24, 2.45) is 0 Å². The van der Waals surface area contributed by atoms with E-state index in [0.29, 0.717) is 13.1 Å². The van der Waals surface area contributed by atoms with E-state index in [1.807, 2.05) is 0 Å². The van der Waals surface area contributed by atoms with Crippen LogP contribution >= 0.6 is 0 Å². The minimum atomic E-state index is -3.23. The monoisotopic (exact) mass is 314 g/mol. The van der Waals surface area contributed by atoms with Crippen LogP contribution in [-0.2, 0) is 14.8 Å². The zero-order valence-electron chi connectivity index (χ0n) is 12.0. The minimum Gasteiger partial charge on any atom is -0.338 e. The Kier molecular flexibility index (Phi) is 4.43. The number of piperazine rings is 1. The van der Waals surface area contributed by atoms with Gasteiger partial charge in [-0.05, 0) is 13.0 Å². The van der Waals surface area contributed by atoms with Crippen LogP contribution in [0.15, 0.2) is 23.1 Å². The Hall–Kier alpha value is -1.74. The average Bonchev–Trinajstić information content (AvgIpc) is 2.45. The Morgan fingerprint density at radius 2 is 1.90 bits per heavy atom. The molecular weight excluding hydrogens is 296 g/mol. The molecule has 0 bridgehead atoms. The van der Waals surface area contributed by atoms with Crippen molar-refractivity contribution in [3.63, 3.8) is 0 Å². The third-order valence-corrected chi connectivity index (χ3v) is 4.79. The first kappa shape index (κ1) is 15.6. The number of rotatable bonds is 3. The van der Waals surface area contributed by atoms with E-state index in [-0.39, 0.29) is 24.6 Å². The first-order chi connectivity index (χ1) is 9.80. The fourth-order valence-electron chi connectivity index (χ4n) is 2.27. The summed E-state index contributed by atoms with van der Waals surface area (Å²) < 4.78 is 25.3. The largest absolute Gasteiger partial charge is 0.338 e. The van der Waals surface area contributed by atoms with Crippen LogP contribution in [0.25, 0.3) is 0 Å². The second-order valence-electron chi connectivity index (χ2n) is 4.97. The highest BCUT2D eigenvalue weighted by molar-refractivity contribution is 7.88. The van der Waals surface area contributed by atoms with Crippen LogP contribution in [0.1, 0.15) is 13.0 Å². The van der Waals surface area contributed by atoms with Crippen molar-refractivity contribution in [1.82, 2.24) is 19.0 Å². The predicted octanol–water partition coefficient (Wildman–Crippen LogP) is -1.09. The highest BCUT2D eigenvalue weighted by atomic mass is 32.2. The minimum absolute atomic E-state index is 0.232. The molecule has 1 aromatic rings. The first-order valence-corrected chi connectivity index (χ1v) is 8.43. The normalized spacial score (nSPS) is 18.5. The molecule has 1 unspecified atom stereocenters. The maximum atomic E-state index is 12.4. The van der Waals surface area contributed by atoms with Crippen LogP contribution in [-0.4, -0.2) is 65.7 Å². The van der Waals surface area contributed by atoms with Gasteiger partial charge in [0.2, 0.25) is 15.9 Å². The summed E-state index contributed by atoms with van der Waals surface area (Å²) in [6.45, 7) is 2.79. The maximum absolute atomic E-state index is 12.4. The Labute approximate surface area is 123 Å². The lowest BCUT2D eigenvalue weighted by atomic mass is 10.2. The molecular formula is C12H18N4O4S. The van der Waals surface area contributed by atoms with Crippen molar-refractivity contribution in [1.29, 1.82) is 0 Å². The van der Waals surface area contributed by atoms with Crippen LogP contribution in [0.5, 0.6) is 0 Å². The van der Waals surface area contributed by atoms with Crippen molar-refractivity contribution in [2.75, 3.05) is 32.4 Å². The van der Waals surface area contributed by atoms with Gasteiger partial charge in [-0.15, -0.1) is 0 Å². The van der Waals surface area contributed by atoms with Crippen molar-refractivity contribution in [3.05, 3.63) is 28.7 Å². The highest BCUT2D eigenvalue weighted by Crippen LogP contribution is 2.11. The van der Waals surface area contributed by atoms with Crippen LogP contribution < -0.4 is 5.56 Å². The smallest absolute Gasteiger partial charge is 0.267 e. The van der Waals surface area contributed by atoms with Crippen molar-refractivity contribution in [3.8, 4) is 0 Å². The fourth-order valence-corrected chi connectivity index (χ4v) is 3.10. The molecule has 1 aliphatic rings. The molecule has 21 heavy (non-hydrogen) atoms. The van der Waals surface area contributed by atoms with Gasteiger partial charge in [-0.1, -0.05) is 0 Å². The summed E-state index contributed by atoms with van der Waals surface area (Å²) in [7, 11) is -3.23.